The first kappa shape index (κ1) is 17.1. The van der Waals surface area contributed by atoms with Crippen molar-refractivity contribution in [2.45, 2.75) is 26.2 Å². The number of carbonyl (C=O) groups excluding carboxylic acids is 3. The van der Waals surface area contributed by atoms with Gasteiger partial charge in [-0.15, -0.1) is 11.3 Å². The average molecular weight is 358 g/mol. The van der Waals surface area contributed by atoms with E-state index in [0.717, 1.165) is 12.8 Å². The molecule has 0 atom stereocenters. The Bertz CT molecular complexity index is 796. The first-order valence-electron chi connectivity index (χ1n) is 7.92. The van der Waals surface area contributed by atoms with Crippen LogP contribution in [0, 0.1) is 5.92 Å². The van der Waals surface area contributed by atoms with Crippen molar-refractivity contribution in [3.05, 3.63) is 35.3 Å². The second-order valence-corrected chi connectivity index (χ2v) is 6.75. The maximum absolute atomic E-state index is 12.1. The van der Waals surface area contributed by atoms with Gasteiger partial charge in [0.25, 0.3) is 0 Å². The van der Waals surface area contributed by atoms with Crippen LogP contribution in [0.5, 0.6) is 0 Å². The van der Waals surface area contributed by atoms with Gasteiger partial charge >= 0.3 is 0 Å². The van der Waals surface area contributed by atoms with Gasteiger partial charge in [-0.3, -0.25) is 14.4 Å². The van der Waals surface area contributed by atoms with Gasteiger partial charge < -0.3 is 16.0 Å². The van der Waals surface area contributed by atoms with E-state index in [0.29, 0.717) is 22.2 Å². The maximum atomic E-state index is 12.1. The van der Waals surface area contributed by atoms with Gasteiger partial charge in [0.15, 0.2) is 5.13 Å². The Morgan fingerprint density at radius 1 is 1.08 bits per heavy atom. The van der Waals surface area contributed by atoms with Crippen molar-refractivity contribution in [3.63, 3.8) is 0 Å². The van der Waals surface area contributed by atoms with Gasteiger partial charge in [0.1, 0.15) is 0 Å². The topological polar surface area (TPSA) is 100 Å². The summed E-state index contributed by atoms with van der Waals surface area (Å²) >= 11 is 1.32. The molecular formula is C17H18N4O3S. The Morgan fingerprint density at radius 3 is 2.32 bits per heavy atom. The molecule has 0 radical (unpaired) electrons. The highest BCUT2D eigenvalue weighted by Gasteiger charge is 2.30. The molecule has 0 unspecified atom stereocenters. The molecule has 2 aromatic rings. The summed E-state index contributed by atoms with van der Waals surface area (Å²) in [6.07, 6.45) is 2.00. The Kier molecular flexibility index (Phi) is 5.08. The average Bonchev–Trinajstić information content (AvgIpc) is 3.31. The van der Waals surface area contributed by atoms with Crippen LogP contribution >= 0.6 is 11.3 Å². The molecule has 1 aromatic carbocycles. The van der Waals surface area contributed by atoms with Crippen LogP contribution in [0.2, 0.25) is 0 Å². The molecule has 1 saturated carbocycles. The number of carbonyl (C=O) groups is 3. The first-order valence-corrected chi connectivity index (χ1v) is 8.80. The lowest BCUT2D eigenvalue weighted by molar-refractivity contribution is -0.117. The van der Waals surface area contributed by atoms with Crippen LogP contribution in [-0.2, 0) is 20.8 Å². The van der Waals surface area contributed by atoms with Crippen molar-refractivity contribution in [2.24, 2.45) is 5.92 Å². The van der Waals surface area contributed by atoms with Crippen molar-refractivity contribution in [1.29, 1.82) is 0 Å². The van der Waals surface area contributed by atoms with Gasteiger partial charge in [0.05, 0.1) is 12.1 Å². The smallest absolute Gasteiger partial charge is 0.230 e. The molecule has 0 saturated heterocycles. The summed E-state index contributed by atoms with van der Waals surface area (Å²) < 4.78 is 0. The van der Waals surface area contributed by atoms with E-state index in [-0.39, 0.29) is 30.1 Å². The van der Waals surface area contributed by atoms with Crippen molar-refractivity contribution in [3.8, 4) is 0 Å². The predicted octanol–water partition coefficient (Wildman–Crippen LogP) is 2.63. The summed E-state index contributed by atoms with van der Waals surface area (Å²) in [6.45, 7) is 1.44. The van der Waals surface area contributed by atoms with Gasteiger partial charge in [-0.2, -0.15) is 0 Å². The molecule has 0 spiro atoms. The Labute approximate surface area is 148 Å². The Morgan fingerprint density at radius 2 is 1.72 bits per heavy atom. The highest BCUT2D eigenvalue weighted by atomic mass is 32.1. The molecule has 8 heteroatoms. The minimum atomic E-state index is -0.197. The molecule has 3 rings (SSSR count). The first-order chi connectivity index (χ1) is 12.0. The third kappa shape index (κ3) is 5.12. The van der Waals surface area contributed by atoms with E-state index in [9.17, 15) is 14.4 Å². The minimum absolute atomic E-state index is 0.00427. The summed E-state index contributed by atoms with van der Waals surface area (Å²) in [5, 5.41) is 10.5. The third-order valence-corrected chi connectivity index (χ3v) is 4.37. The van der Waals surface area contributed by atoms with Gasteiger partial charge in [0, 0.05) is 29.6 Å². The van der Waals surface area contributed by atoms with Crippen LogP contribution in [-0.4, -0.2) is 22.7 Å². The van der Waals surface area contributed by atoms with Crippen molar-refractivity contribution in [1.82, 2.24) is 4.98 Å². The number of rotatable bonds is 6. The van der Waals surface area contributed by atoms with Gasteiger partial charge in [0.2, 0.25) is 17.7 Å². The lowest BCUT2D eigenvalue weighted by Gasteiger charge is -2.06. The number of amides is 3. The molecule has 3 N–H and O–H groups in total. The van der Waals surface area contributed by atoms with E-state index in [4.69, 9.17) is 0 Å². The fraction of sp³-hybridized carbons (Fsp3) is 0.294. The number of thiazole rings is 1. The number of anilines is 3. The van der Waals surface area contributed by atoms with Gasteiger partial charge in [-0.05, 0) is 37.1 Å². The van der Waals surface area contributed by atoms with Crippen LogP contribution in [0.1, 0.15) is 25.5 Å². The van der Waals surface area contributed by atoms with E-state index in [1.165, 1.54) is 18.3 Å². The second kappa shape index (κ2) is 7.43. The molecule has 0 aliphatic heterocycles. The van der Waals surface area contributed by atoms with Crippen LogP contribution in [0.15, 0.2) is 29.6 Å². The van der Waals surface area contributed by atoms with Crippen molar-refractivity contribution >= 4 is 45.6 Å². The fourth-order valence-corrected chi connectivity index (χ4v) is 2.92. The van der Waals surface area contributed by atoms with Crippen LogP contribution in [0.25, 0.3) is 0 Å². The predicted molar refractivity (Wildman–Crippen MR) is 96.5 cm³/mol. The zero-order chi connectivity index (χ0) is 17.8. The number of benzene rings is 1. The summed E-state index contributed by atoms with van der Waals surface area (Å²) in [5.41, 5.74) is 1.92. The number of nitrogens with zero attached hydrogens (tertiary/aromatic N) is 1. The van der Waals surface area contributed by atoms with Crippen LogP contribution < -0.4 is 16.0 Å². The van der Waals surface area contributed by atoms with Crippen LogP contribution in [0.3, 0.4) is 0 Å². The molecule has 1 aliphatic carbocycles. The molecule has 1 fully saturated rings. The quantitative estimate of drug-likeness (QED) is 0.739. The SMILES string of the molecule is CC(=O)Nc1ccc(NC(=O)Cc2csc(NC(=O)C3CC3)n2)cc1. The van der Waals surface area contributed by atoms with E-state index >= 15 is 0 Å². The second-order valence-electron chi connectivity index (χ2n) is 5.89. The van der Waals surface area contributed by atoms with Gasteiger partial charge in [-0.25, -0.2) is 4.98 Å². The van der Waals surface area contributed by atoms with E-state index < -0.39 is 0 Å². The zero-order valence-electron chi connectivity index (χ0n) is 13.7. The highest BCUT2D eigenvalue weighted by Crippen LogP contribution is 2.30. The zero-order valence-corrected chi connectivity index (χ0v) is 14.5. The summed E-state index contributed by atoms with van der Waals surface area (Å²) in [7, 11) is 0. The number of hydrogen-bond donors (Lipinski definition) is 3. The molecule has 3 amide bonds. The fourth-order valence-electron chi connectivity index (χ4n) is 2.21. The summed E-state index contributed by atoms with van der Waals surface area (Å²) in [5.74, 6) is -0.219. The molecule has 7 nitrogen and oxygen atoms in total. The monoisotopic (exact) mass is 358 g/mol. The Balaban J connectivity index is 1.51. The number of hydrogen-bond acceptors (Lipinski definition) is 5. The van der Waals surface area contributed by atoms with E-state index in [2.05, 4.69) is 20.9 Å². The lowest BCUT2D eigenvalue weighted by atomic mass is 10.2. The molecule has 1 aromatic heterocycles. The van der Waals surface area contributed by atoms with E-state index in [1.807, 2.05) is 0 Å². The van der Waals surface area contributed by atoms with Crippen LogP contribution in [0.4, 0.5) is 16.5 Å². The maximum Gasteiger partial charge on any atom is 0.230 e. The lowest BCUT2D eigenvalue weighted by Crippen LogP contribution is -2.15. The molecule has 1 heterocycles. The molecule has 0 bridgehead atoms. The third-order valence-electron chi connectivity index (χ3n) is 3.56. The summed E-state index contributed by atoms with van der Waals surface area (Å²) in [6, 6.07) is 6.85. The summed E-state index contributed by atoms with van der Waals surface area (Å²) in [4.78, 5) is 39.0. The number of nitrogens with one attached hydrogen (secondary N) is 3. The van der Waals surface area contributed by atoms with E-state index in [1.54, 1.807) is 29.6 Å². The van der Waals surface area contributed by atoms with Crippen molar-refractivity contribution < 1.29 is 14.4 Å². The Hall–Kier alpha value is -2.74. The largest absolute Gasteiger partial charge is 0.326 e. The minimum Gasteiger partial charge on any atom is -0.326 e. The highest BCUT2D eigenvalue weighted by molar-refractivity contribution is 7.13. The molecule has 1 aliphatic rings. The molecule has 130 valence electrons. The normalized spacial score (nSPS) is 13.2. The molecular weight excluding hydrogens is 340 g/mol. The van der Waals surface area contributed by atoms with Gasteiger partial charge in [-0.1, -0.05) is 0 Å². The number of aromatic nitrogens is 1. The molecule has 25 heavy (non-hydrogen) atoms. The van der Waals surface area contributed by atoms with Crippen molar-refractivity contribution in [2.75, 3.05) is 16.0 Å². The standard InChI is InChI=1S/C17H18N4O3S/c1-10(22)18-12-4-6-13(7-5-12)19-15(23)8-14-9-25-17(20-14)21-16(24)11-2-3-11/h4-7,9,11H,2-3,8H2,1H3,(H,18,22)(H,19,23)(H,20,21,24).